The first-order valence-electron chi connectivity index (χ1n) is 11.9. The number of rotatable bonds is 5. The normalized spacial score (nSPS) is 15.5. The first-order chi connectivity index (χ1) is 17.6. The number of anilines is 2. The van der Waals surface area contributed by atoms with Gasteiger partial charge in [0.05, 0.1) is 29.3 Å². The molecule has 36 heavy (non-hydrogen) atoms. The molecule has 8 nitrogen and oxygen atoms in total. The van der Waals surface area contributed by atoms with Gasteiger partial charge in [-0.3, -0.25) is 0 Å². The number of hydrogen-bond acceptors (Lipinski definition) is 7. The Morgan fingerprint density at radius 1 is 0.917 bits per heavy atom. The van der Waals surface area contributed by atoms with Crippen molar-refractivity contribution in [3.05, 3.63) is 84.4 Å². The zero-order valence-corrected chi connectivity index (χ0v) is 20.1. The van der Waals surface area contributed by atoms with Crippen LogP contribution < -0.4 is 9.80 Å². The fourth-order valence-corrected chi connectivity index (χ4v) is 4.72. The Labute approximate surface area is 208 Å². The van der Waals surface area contributed by atoms with Crippen molar-refractivity contribution >= 4 is 17.4 Å². The Morgan fingerprint density at radius 2 is 1.75 bits per heavy atom. The van der Waals surface area contributed by atoms with Crippen LogP contribution in [0.1, 0.15) is 24.4 Å². The second-order valence-corrected chi connectivity index (χ2v) is 9.06. The van der Waals surface area contributed by atoms with Crippen molar-refractivity contribution in [2.45, 2.75) is 18.9 Å². The number of halogens is 1. The van der Waals surface area contributed by atoms with Gasteiger partial charge in [-0.1, -0.05) is 18.2 Å². The minimum atomic E-state index is -0.216. The number of hydrogen-bond donors (Lipinski definition) is 0. The van der Waals surface area contributed by atoms with Gasteiger partial charge in [-0.2, -0.15) is 0 Å². The molecule has 0 spiro atoms. The lowest BCUT2D eigenvalue weighted by molar-refractivity contribution is 0.617. The van der Waals surface area contributed by atoms with Crippen LogP contribution in [0.15, 0.2) is 73.1 Å². The lowest BCUT2D eigenvalue weighted by Gasteiger charge is -2.26. The molecular weight excluding hydrogens is 455 g/mol. The summed E-state index contributed by atoms with van der Waals surface area (Å²) >= 11 is 0. The Balaban J connectivity index is 1.37. The summed E-state index contributed by atoms with van der Waals surface area (Å²) in [6, 6.07) is 18.6. The molecule has 0 aliphatic carbocycles. The highest BCUT2D eigenvalue weighted by atomic mass is 19.1. The molecule has 1 aliphatic heterocycles. The monoisotopic (exact) mass is 480 g/mol. The molecule has 180 valence electrons. The molecular formula is C27H25FN8. The van der Waals surface area contributed by atoms with Crippen LogP contribution >= 0.6 is 0 Å². The van der Waals surface area contributed by atoms with Crippen molar-refractivity contribution in [1.29, 1.82) is 0 Å². The van der Waals surface area contributed by atoms with Gasteiger partial charge < -0.3 is 9.80 Å². The van der Waals surface area contributed by atoms with Gasteiger partial charge in [0.25, 0.3) is 0 Å². The van der Waals surface area contributed by atoms with Crippen LogP contribution in [0, 0.1) is 5.82 Å². The minimum absolute atomic E-state index is 0.0859. The van der Waals surface area contributed by atoms with E-state index in [4.69, 9.17) is 10.1 Å². The summed E-state index contributed by atoms with van der Waals surface area (Å²) in [6.45, 7) is 0.860. The molecule has 0 amide bonds. The molecule has 1 fully saturated rings. The van der Waals surface area contributed by atoms with Crippen molar-refractivity contribution in [3.63, 3.8) is 0 Å². The summed E-state index contributed by atoms with van der Waals surface area (Å²) in [5, 5.41) is 4.95. The molecule has 4 aromatic heterocycles. The average Bonchev–Trinajstić information content (AvgIpc) is 3.56. The Bertz CT molecular complexity index is 1550. The molecule has 6 rings (SSSR count). The number of aromatic nitrogens is 6. The van der Waals surface area contributed by atoms with E-state index in [2.05, 4.69) is 19.9 Å². The van der Waals surface area contributed by atoms with Crippen LogP contribution in [0.25, 0.3) is 28.4 Å². The van der Waals surface area contributed by atoms with Gasteiger partial charge in [0.15, 0.2) is 5.65 Å². The van der Waals surface area contributed by atoms with E-state index in [1.54, 1.807) is 24.5 Å². The van der Waals surface area contributed by atoms with Crippen LogP contribution in [0.5, 0.6) is 0 Å². The largest absolute Gasteiger partial charge is 0.348 e. The van der Waals surface area contributed by atoms with Crippen molar-refractivity contribution in [3.8, 4) is 22.8 Å². The van der Waals surface area contributed by atoms with Gasteiger partial charge in [0, 0.05) is 26.8 Å². The van der Waals surface area contributed by atoms with E-state index in [1.807, 2.05) is 66.0 Å². The molecule has 0 radical (unpaired) electrons. The van der Waals surface area contributed by atoms with E-state index in [1.165, 1.54) is 6.07 Å². The summed E-state index contributed by atoms with van der Waals surface area (Å²) in [5.74, 6) is 1.24. The third kappa shape index (κ3) is 4.02. The molecule has 1 unspecified atom stereocenters. The van der Waals surface area contributed by atoms with Gasteiger partial charge in [-0.25, -0.2) is 28.8 Å². The number of pyridine rings is 1. The highest BCUT2D eigenvalue weighted by Crippen LogP contribution is 2.35. The zero-order chi connectivity index (χ0) is 24.6. The summed E-state index contributed by atoms with van der Waals surface area (Å²) in [5.41, 5.74) is 4.73. The van der Waals surface area contributed by atoms with Crippen molar-refractivity contribution in [2.75, 3.05) is 30.4 Å². The van der Waals surface area contributed by atoms with Gasteiger partial charge >= 0.3 is 0 Å². The Morgan fingerprint density at radius 3 is 2.61 bits per heavy atom. The topological polar surface area (TPSA) is 75.3 Å². The van der Waals surface area contributed by atoms with E-state index in [0.717, 1.165) is 59.2 Å². The lowest BCUT2D eigenvalue weighted by Crippen LogP contribution is -2.24. The molecule has 5 aromatic rings. The Kier molecular flexibility index (Phi) is 5.52. The summed E-state index contributed by atoms with van der Waals surface area (Å²) in [4.78, 5) is 22.4. The molecule has 1 aliphatic rings. The quantitative estimate of drug-likeness (QED) is 0.358. The predicted octanol–water partition coefficient (Wildman–Crippen LogP) is 4.79. The fourth-order valence-electron chi connectivity index (χ4n) is 4.72. The molecule has 0 bridgehead atoms. The third-order valence-corrected chi connectivity index (χ3v) is 6.45. The molecule has 0 saturated carbocycles. The second kappa shape index (κ2) is 8.99. The van der Waals surface area contributed by atoms with Gasteiger partial charge in [0.2, 0.25) is 5.95 Å². The Hall–Kier alpha value is -4.40. The highest BCUT2D eigenvalue weighted by molar-refractivity contribution is 5.65. The van der Waals surface area contributed by atoms with Crippen molar-refractivity contribution in [1.82, 2.24) is 29.5 Å². The first-order valence-corrected chi connectivity index (χ1v) is 11.9. The molecule has 1 atom stereocenters. The maximum absolute atomic E-state index is 13.9. The maximum atomic E-state index is 13.9. The zero-order valence-electron chi connectivity index (χ0n) is 20.1. The number of nitrogens with zero attached hydrogens (tertiary/aromatic N) is 8. The minimum Gasteiger partial charge on any atom is -0.348 e. The average molecular weight is 481 g/mol. The van der Waals surface area contributed by atoms with Gasteiger partial charge in [0.1, 0.15) is 17.3 Å². The van der Waals surface area contributed by atoms with Crippen LogP contribution in [0.4, 0.5) is 16.2 Å². The SMILES string of the molecule is CN(C)c1nccc(-c2cccc(-c3cnc4ccc(N5CCCC5c5cccc(F)c5)nn34)n2)n1. The van der Waals surface area contributed by atoms with E-state index in [-0.39, 0.29) is 11.9 Å². The summed E-state index contributed by atoms with van der Waals surface area (Å²) < 4.78 is 15.7. The summed E-state index contributed by atoms with van der Waals surface area (Å²) in [6.07, 6.45) is 5.50. The molecule has 1 aromatic carbocycles. The molecule has 0 N–H and O–H groups in total. The highest BCUT2D eigenvalue weighted by Gasteiger charge is 2.28. The first kappa shape index (κ1) is 22.1. The number of imidazole rings is 1. The smallest absolute Gasteiger partial charge is 0.225 e. The predicted molar refractivity (Wildman–Crippen MR) is 137 cm³/mol. The lowest BCUT2D eigenvalue weighted by atomic mass is 10.0. The van der Waals surface area contributed by atoms with Crippen LogP contribution in [-0.4, -0.2) is 50.2 Å². The van der Waals surface area contributed by atoms with E-state index < -0.39 is 0 Å². The molecule has 1 saturated heterocycles. The van der Waals surface area contributed by atoms with Crippen LogP contribution in [-0.2, 0) is 0 Å². The molecule has 9 heteroatoms. The second-order valence-electron chi connectivity index (χ2n) is 9.06. The van der Waals surface area contributed by atoms with Crippen molar-refractivity contribution in [2.24, 2.45) is 0 Å². The van der Waals surface area contributed by atoms with E-state index >= 15 is 0 Å². The van der Waals surface area contributed by atoms with Gasteiger partial charge in [-0.05, 0) is 60.9 Å². The van der Waals surface area contributed by atoms with Crippen LogP contribution in [0.3, 0.4) is 0 Å². The molecule has 5 heterocycles. The van der Waals surface area contributed by atoms with E-state index in [0.29, 0.717) is 5.95 Å². The number of benzene rings is 1. The van der Waals surface area contributed by atoms with Crippen molar-refractivity contribution < 1.29 is 4.39 Å². The fraction of sp³-hybridized carbons (Fsp3) is 0.222. The standard InChI is InChI=1S/C27H25FN8/c1-34(2)27-29-14-13-21(32-27)20-8-4-9-22(31-20)24-17-30-25-11-12-26(33-36(24)25)35-15-5-10-23(35)18-6-3-7-19(28)16-18/h3-4,6-9,11-14,16-17,23H,5,10,15H2,1-2H3. The third-order valence-electron chi connectivity index (χ3n) is 6.45. The van der Waals surface area contributed by atoms with E-state index in [9.17, 15) is 4.39 Å². The maximum Gasteiger partial charge on any atom is 0.225 e. The van der Waals surface area contributed by atoms with Gasteiger partial charge in [-0.15, -0.1) is 5.10 Å². The number of fused-ring (bicyclic) bond motifs is 1. The van der Waals surface area contributed by atoms with Crippen LogP contribution in [0.2, 0.25) is 0 Å². The summed E-state index contributed by atoms with van der Waals surface area (Å²) in [7, 11) is 3.81.